The summed E-state index contributed by atoms with van der Waals surface area (Å²) in [4.78, 5) is 25.8. The lowest BCUT2D eigenvalue weighted by molar-refractivity contribution is -0.148. The largest absolute Gasteiger partial charge is 0.399 e. The van der Waals surface area contributed by atoms with E-state index in [-0.39, 0.29) is 30.6 Å². The van der Waals surface area contributed by atoms with Gasteiger partial charge in [0.25, 0.3) is 0 Å². The second-order valence-electron chi connectivity index (χ2n) is 5.28. The molecule has 0 radical (unpaired) electrons. The number of amides is 2. The molecule has 6 heteroatoms. The van der Waals surface area contributed by atoms with E-state index in [2.05, 4.69) is 5.32 Å². The number of nitrogens with two attached hydrogens (primary N) is 1. The molecule has 2 rings (SSSR count). The molecule has 0 aromatic heterocycles. The molecule has 1 fully saturated rings. The first kappa shape index (κ1) is 16.3. The van der Waals surface area contributed by atoms with Crippen molar-refractivity contribution in [3.05, 3.63) is 29.8 Å². The Hall–Kier alpha value is -1.75. The van der Waals surface area contributed by atoms with Crippen LogP contribution in [0.25, 0.3) is 0 Å². The van der Waals surface area contributed by atoms with E-state index in [1.165, 1.54) is 0 Å². The standard InChI is InChI=1S/C14H19N3O2.ClH/c1-14(2)13(19)16-7-8-17(14)12(18)9-10-3-5-11(15)6-4-10;/h3-6H,7-9,15H2,1-2H3,(H,16,19);1H. The molecule has 0 bridgehead atoms. The van der Waals surface area contributed by atoms with Gasteiger partial charge in [-0.2, -0.15) is 0 Å². The third-order valence-corrected chi connectivity index (χ3v) is 3.49. The molecule has 0 spiro atoms. The molecule has 1 aliphatic rings. The normalized spacial score (nSPS) is 17.1. The highest BCUT2D eigenvalue weighted by molar-refractivity contribution is 5.92. The lowest BCUT2D eigenvalue weighted by Gasteiger charge is -2.41. The summed E-state index contributed by atoms with van der Waals surface area (Å²) in [5.41, 5.74) is 6.40. The van der Waals surface area contributed by atoms with Crippen molar-refractivity contribution in [2.24, 2.45) is 0 Å². The number of carbonyl (C=O) groups is 2. The quantitative estimate of drug-likeness (QED) is 0.799. The van der Waals surface area contributed by atoms with Gasteiger partial charge in [0.1, 0.15) is 5.54 Å². The van der Waals surface area contributed by atoms with Gasteiger partial charge < -0.3 is 16.0 Å². The molecule has 1 aromatic carbocycles. The molecule has 0 saturated carbocycles. The molecule has 0 atom stereocenters. The topological polar surface area (TPSA) is 75.4 Å². The first-order valence-corrected chi connectivity index (χ1v) is 6.34. The minimum Gasteiger partial charge on any atom is -0.399 e. The van der Waals surface area contributed by atoms with Gasteiger partial charge in [-0.15, -0.1) is 12.4 Å². The Bertz CT molecular complexity index is 500. The first-order valence-electron chi connectivity index (χ1n) is 6.34. The van der Waals surface area contributed by atoms with E-state index in [0.717, 1.165) is 5.56 Å². The van der Waals surface area contributed by atoms with Crippen LogP contribution in [0.4, 0.5) is 5.69 Å². The van der Waals surface area contributed by atoms with Crippen molar-refractivity contribution in [2.45, 2.75) is 25.8 Å². The lowest BCUT2D eigenvalue weighted by Crippen LogP contribution is -2.63. The zero-order chi connectivity index (χ0) is 14.0. The smallest absolute Gasteiger partial charge is 0.245 e. The van der Waals surface area contributed by atoms with E-state index in [1.807, 2.05) is 12.1 Å². The Kier molecular flexibility index (Phi) is 5.00. The molecule has 0 aliphatic carbocycles. The summed E-state index contributed by atoms with van der Waals surface area (Å²) < 4.78 is 0. The Morgan fingerprint density at radius 3 is 2.55 bits per heavy atom. The highest BCUT2D eigenvalue weighted by Gasteiger charge is 2.40. The summed E-state index contributed by atoms with van der Waals surface area (Å²) in [6.07, 6.45) is 0.289. The van der Waals surface area contributed by atoms with Crippen LogP contribution in [0.5, 0.6) is 0 Å². The summed E-state index contributed by atoms with van der Waals surface area (Å²) in [7, 11) is 0. The number of hydrogen-bond acceptors (Lipinski definition) is 3. The molecule has 2 amide bonds. The van der Waals surface area contributed by atoms with E-state index >= 15 is 0 Å². The van der Waals surface area contributed by atoms with Gasteiger partial charge in [0.05, 0.1) is 6.42 Å². The third-order valence-electron chi connectivity index (χ3n) is 3.49. The van der Waals surface area contributed by atoms with Crippen LogP contribution < -0.4 is 11.1 Å². The molecule has 110 valence electrons. The van der Waals surface area contributed by atoms with Gasteiger partial charge in [-0.3, -0.25) is 9.59 Å². The number of hydrogen-bond donors (Lipinski definition) is 2. The Morgan fingerprint density at radius 1 is 1.35 bits per heavy atom. The zero-order valence-corrected chi connectivity index (χ0v) is 12.5. The molecular weight excluding hydrogens is 278 g/mol. The van der Waals surface area contributed by atoms with Gasteiger partial charge in [0, 0.05) is 18.8 Å². The Labute approximate surface area is 124 Å². The van der Waals surface area contributed by atoms with Crippen molar-refractivity contribution in [2.75, 3.05) is 18.8 Å². The second kappa shape index (κ2) is 6.13. The lowest BCUT2D eigenvalue weighted by atomic mass is 9.97. The molecular formula is C14H20ClN3O2. The van der Waals surface area contributed by atoms with Crippen molar-refractivity contribution in [3.8, 4) is 0 Å². The fraction of sp³-hybridized carbons (Fsp3) is 0.429. The fourth-order valence-corrected chi connectivity index (χ4v) is 2.24. The van der Waals surface area contributed by atoms with Crippen molar-refractivity contribution in [1.29, 1.82) is 0 Å². The third kappa shape index (κ3) is 3.22. The average Bonchev–Trinajstić information content (AvgIpc) is 2.35. The minimum absolute atomic E-state index is 0. The number of nitrogen functional groups attached to an aromatic ring is 1. The summed E-state index contributed by atoms with van der Waals surface area (Å²) in [6.45, 7) is 4.59. The van der Waals surface area contributed by atoms with Crippen LogP contribution in [0, 0.1) is 0 Å². The summed E-state index contributed by atoms with van der Waals surface area (Å²) >= 11 is 0. The highest BCUT2D eigenvalue weighted by Crippen LogP contribution is 2.19. The first-order chi connectivity index (χ1) is 8.91. The summed E-state index contributed by atoms with van der Waals surface area (Å²) in [5.74, 6) is -0.144. The van der Waals surface area contributed by atoms with Gasteiger partial charge in [-0.25, -0.2) is 0 Å². The number of rotatable bonds is 2. The highest BCUT2D eigenvalue weighted by atomic mass is 35.5. The van der Waals surface area contributed by atoms with Gasteiger partial charge in [0.2, 0.25) is 11.8 Å². The Balaban J connectivity index is 0.00000200. The SMILES string of the molecule is CC1(C)C(=O)NCCN1C(=O)Cc1ccc(N)cc1.Cl. The number of halogens is 1. The van der Waals surface area contributed by atoms with E-state index in [1.54, 1.807) is 30.9 Å². The molecule has 1 aliphatic heterocycles. The van der Waals surface area contributed by atoms with Crippen molar-refractivity contribution in [3.63, 3.8) is 0 Å². The second-order valence-corrected chi connectivity index (χ2v) is 5.28. The van der Waals surface area contributed by atoms with E-state index in [0.29, 0.717) is 18.8 Å². The van der Waals surface area contributed by atoms with Crippen LogP contribution in [-0.2, 0) is 16.0 Å². The van der Waals surface area contributed by atoms with Crippen molar-refractivity contribution in [1.82, 2.24) is 10.2 Å². The van der Waals surface area contributed by atoms with Crippen molar-refractivity contribution < 1.29 is 9.59 Å². The van der Waals surface area contributed by atoms with Gasteiger partial charge >= 0.3 is 0 Å². The maximum Gasteiger partial charge on any atom is 0.245 e. The molecule has 0 unspecified atom stereocenters. The van der Waals surface area contributed by atoms with Crippen molar-refractivity contribution >= 4 is 29.9 Å². The van der Waals surface area contributed by atoms with Crippen LogP contribution in [-0.4, -0.2) is 35.3 Å². The number of anilines is 1. The van der Waals surface area contributed by atoms with Crippen LogP contribution >= 0.6 is 12.4 Å². The molecule has 5 nitrogen and oxygen atoms in total. The Morgan fingerprint density at radius 2 is 1.95 bits per heavy atom. The molecule has 1 aromatic rings. The zero-order valence-electron chi connectivity index (χ0n) is 11.7. The monoisotopic (exact) mass is 297 g/mol. The van der Waals surface area contributed by atoms with E-state index < -0.39 is 5.54 Å². The number of benzene rings is 1. The van der Waals surface area contributed by atoms with Crippen LogP contribution in [0.3, 0.4) is 0 Å². The summed E-state index contributed by atoms with van der Waals surface area (Å²) in [6, 6.07) is 7.22. The van der Waals surface area contributed by atoms with Gasteiger partial charge in [-0.1, -0.05) is 12.1 Å². The number of nitrogens with one attached hydrogen (secondary N) is 1. The summed E-state index contributed by atoms with van der Waals surface area (Å²) in [5, 5.41) is 2.78. The number of carbonyl (C=O) groups excluding carboxylic acids is 2. The predicted molar refractivity (Wildman–Crippen MR) is 80.6 cm³/mol. The average molecular weight is 298 g/mol. The van der Waals surface area contributed by atoms with Crippen LogP contribution in [0.1, 0.15) is 19.4 Å². The molecule has 1 saturated heterocycles. The molecule has 1 heterocycles. The van der Waals surface area contributed by atoms with Crippen LogP contribution in [0.2, 0.25) is 0 Å². The minimum atomic E-state index is -0.789. The maximum absolute atomic E-state index is 12.3. The maximum atomic E-state index is 12.3. The number of nitrogens with zero attached hydrogens (tertiary/aromatic N) is 1. The van der Waals surface area contributed by atoms with Gasteiger partial charge in [-0.05, 0) is 31.5 Å². The van der Waals surface area contributed by atoms with E-state index in [9.17, 15) is 9.59 Å². The predicted octanol–water partition coefficient (Wildman–Crippen LogP) is 0.970. The fourth-order valence-electron chi connectivity index (χ4n) is 2.24. The van der Waals surface area contributed by atoms with Crippen LogP contribution in [0.15, 0.2) is 24.3 Å². The van der Waals surface area contributed by atoms with E-state index in [4.69, 9.17) is 5.73 Å². The molecule has 20 heavy (non-hydrogen) atoms. The van der Waals surface area contributed by atoms with Gasteiger partial charge in [0.15, 0.2) is 0 Å². The molecule has 3 N–H and O–H groups in total. The number of piperazine rings is 1.